The standard InChI is InChI=1S/C12H10F6N2O2S/c13-11(14,15)10(12(16,17)18)3-4-20(5-10)9(22)7-2-1-6(23-7)8(19)21/h1-2H,3-5H2,(H2,19,21). The van der Waals surface area contributed by atoms with E-state index in [-0.39, 0.29) is 9.75 Å². The maximum atomic E-state index is 12.9. The Morgan fingerprint density at radius 3 is 2.00 bits per heavy atom. The molecule has 2 N–H and O–H groups in total. The summed E-state index contributed by atoms with van der Waals surface area (Å²) in [5, 5.41) is 0. The first-order chi connectivity index (χ1) is 10.4. The van der Waals surface area contributed by atoms with Gasteiger partial charge in [0.2, 0.25) is 0 Å². The lowest BCUT2D eigenvalue weighted by Crippen LogP contribution is -2.52. The third-order valence-corrected chi connectivity index (χ3v) is 4.79. The lowest BCUT2D eigenvalue weighted by Gasteiger charge is -2.33. The number of carbonyl (C=O) groups is 2. The van der Waals surface area contributed by atoms with Gasteiger partial charge in [-0.2, -0.15) is 26.3 Å². The Balaban J connectivity index is 2.27. The molecule has 1 aromatic heterocycles. The Bertz CT molecular complexity index is 622. The zero-order chi connectivity index (χ0) is 17.6. The number of likely N-dealkylation sites (tertiary alicyclic amines) is 1. The summed E-state index contributed by atoms with van der Waals surface area (Å²) in [6, 6.07) is 2.34. The van der Waals surface area contributed by atoms with Crippen LogP contribution in [-0.4, -0.2) is 42.2 Å². The van der Waals surface area contributed by atoms with Crippen molar-refractivity contribution in [1.29, 1.82) is 0 Å². The molecule has 1 fully saturated rings. The van der Waals surface area contributed by atoms with Crippen LogP contribution in [0.5, 0.6) is 0 Å². The number of amides is 2. The van der Waals surface area contributed by atoms with Crippen molar-refractivity contribution >= 4 is 23.2 Å². The number of hydrogen-bond donors (Lipinski definition) is 1. The van der Waals surface area contributed by atoms with Crippen LogP contribution in [0.4, 0.5) is 26.3 Å². The molecule has 0 spiro atoms. The zero-order valence-electron chi connectivity index (χ0n) is 11.3. The minimum Gasteiger partial charge on any atom is -0.365 e. The van der Waals surface area contributed by atoms with Crippen LogP contribution in [-0.2, 0) is 0 Å². The first-order valence-electron chi connectivity index (χ1n) is 6.21. The fourth-order valence-corrected chi connectivity index (χ4v) is 3.17. The van der Waals surface area contributed by atoms with E-state index >= 15 is 0 Å². The number of nitrogens with two attached hydrogens (primary N) is 1. The van der Waals surface area contributed by atoms with Crippen molar-refractivity contribution in [2.75, 3.05) is 13.1 Å². The van der Waals surface area contributed by atoms with Crippen LogP contribution in [0.1, 0.15) is 25.8 Å². The lowest BCUT2D eigenvalue weighted by molar-refractivity contribution is -0.334. The monoisotopic (exact) mass is 360 g/mol. The van der Waals surface area contributed by atoms with Crippen LogP contribution in [0.3, 0.4) is 0 Å². The average molecular weight is 360 g/mol. The second-order valence-electron chi connectivity index (χ2n) is 5.08. The van der Waals surface area contributed by atoms with Crippen molar-refractivity contribution < 1.29 is 35.9 Å². The first-order valence-corrected chi connectivity index (χ1v) is 7.03. The van der Waals surface area contributed by atoms with Crippen LogP contribution in [0.15, 0.2) is 12.1 Å². The minimum absolute atomic E-state index is 0.00884. The maximum Gasteiger partial charge on any atom is 0.404 e. The van der Waals surface area contributed by atoms with E-state index in [1.54, 1.807) is 0 Å². The van der Waals surface area contributed by atoms with Gasteiger partial charge in [0.15, 0.2) is 5.41 Å². The predicted octanol–water partition coefficient (Wildman–Crippen LogP) is 2.80. The van der Waals surface area contributed by atoms with Crippen LogP contribution in [0.2, 0.25) is 0 Å². The third-order valence-electron chi connectivity index (χ3n) is 3.70. The summed E-state index contributed by atoms with van der Waals surface area (Å²) in [5.41, 5.74) is 1.06. The Kier molecular flexibility index (Phi) is 4.12. The highest BCUT2D eigenvalue weighted by atomic mass is 32.1. The van der Waals surface area contributed by atoms with Crippen LogP contribution >= 0.6 is 11.3 Å². The number of primary amides is 1. The summed E-state index contributed by atoms with van der Waals surface area (Å²) >= 11 is 0.623. The molecular formula is C12H10F6N2O2S. The molecule has 0 saturated carbocycles. The Labute approximate surface area is 129 Å². The quantitative estimate of drug-likeness (QED) is 0.825. The molecular weight excluding hydrogens is 350 g/mol. The fraction of sp³-hybridized carbons (Fsp3) is 0.500. The average Bonchev–Trinajstić information content (AvgIpc) is 3.04. The summed E-state index contributed by atoms with van der Waals surface area (Å²) in [4.78, 5) is 23.4. The fourth-order valence-electron chi connectivity index (χ4n) is 2.35. The summed E-state index contributed by atoms with van der Waals surface area (Å²) in [6.45, 7) is -2.18. The van der Waals surface area contributed by atoms with Crippen molar-refractivity contribution in [3.8, 4) is 0 Å². The number of halogens is 6. The number of carbonyl (C=O) groups excluding carboxylic acids is 2. The number of hydrogen-bond acceptors (Lipinski definition) is 3. The molecule has 1 aliphatic heterocycles. The van der Waals surface area contributed by atoms with E-state index in [4.69, 9.17) is 5.73 Å². The predicted molar refractivity (Wildman–Crippen MR) is 67.9 cm³/mol. The molecule has 2 heterocycles. The topological polar surface area (TPSA) is 63.4 Å². The molecule has 0 bridgehead atoms. The van der Waals surface area contributed by atoms with E-state index in [2.05, 4.69) is 0 Å². The SMILES string of the molecule is NC(=O)c1ccc(C(=O)N2CCC(C(F)(F)F)(C(F)(F)F)C2)s1. The number of alkyl halides is 6. The minimum atomic E-state index is -5.52. The second kappa shape index (κ2) is 5.39. The molecule has 1 saturated heterocycles. The van der Waals surface area contributed by atoms with Gasteiger partial charge in [-0.3, -0.25) is 9.59 Å². The van der Waals surface area contributed by atoms with Gasteiger partial charge in [-0.05, 0) is 18.6 Å². The maximum absolute atomic E-state index is 12.9. The molecule has 0 aromatic carbocycles. The molecule has 0 radical (unpaired) electrons. The van der Waals surface area contributed by atoms with Crippen molar-refractivity contribution in [3.63, 3.8) is 0 Å². The van der Waals surface area contributed by atoms with Gasteiger partial charge in [-0.15, -0.1) is 11.3 Å². The third kappa shape index (κ3) is 2.89. The highest BCUT2D eigenvalue weighted by molar-refractivity contribution is 7.15. The number of rotatable bonds is 2. The van der Waals surface area contributed by atoms with Crippen molar-refractivity contribution in [2.45, 2.75) is 18.8 Å². The molecule has 0 atom stereocenters. The van der Waals surface area contributed by atoms with Crippen molar-refractivity contribution in [1.82, 2.24) is 4.90 Å². The molecule has 11 heteroatoms. The van der Waals surface area contributed by atoms with E-state index in [1.807, 2.05) is 0 Å². The highest BCUT2D eigenvalue weighted by Gasteiger charge is 2.72. The Morgan fingerprint density at radius 1 is 1.09 bits per heavy atom. The Hall–Kier alpha value is -1.78. The summed E-state index contributed by atoms with van der Waals surface area (Å²) in [5.74, 6) is -1.83. The van der Waals surface area contributed by atoms with E-state index in [9.17, 15) is 35.9 Å². The summed E-state index contributed by atoms with van der Waals surface area (Å²) in [6.07, 6.45) is -12.3. The molecule has 0 unspecified atom stereocenters. The lowest BCUT2D eigenvalue weighted by atomic mass is 9.85. The van der Waals surface area contributed by atoms with Gasteiger partial charge in [0.1, 0.15) is 0 Å². The van der Waals surface area contributed by atoms with Gasteiger partial charge < -0.3 is 10.6 Å². The molecule has 1 aromatic rings. The number of nitrogens with zero attached hydrogens (tertiary/aromatic N) is 1. The molecule has 2 rings (SSSR count). The molecule has 1 aliphatic rings. The van der Waals surface area contributed by atoms with Gasteiger partial charge in [0.25, 0.3) is 11.8 Å². The van der Waals surface area contributed by atoms with Crippen LogP contribution in [0.25, 0.3) is 0 Å². The molecule has 23 heavy (non-hydrogen) atoms. The molecule has 2 amide bonds. The first kappa shape index (κ1) is 17.6. The largest absolute Gasteiger partial charge is 0.404 e. The van der Waals surface area contributed by atoms with Gasteiger partial charge in [-0.1, -0.05) is 0 Å². The number of thiophene rings is 1. The Morgan fingerprint density at radius 2 is 1.61 bits per heavy atom. The van der Waals surface area contributed by atoms with E-state index < -0.39 is 49.1 Å². The molecule has 0 aliphatic carbocycles. The summed E-state index contributed by atoms with van der Waals surface area (Å²) < 4.78 is 77.7. The van der Waals surface area contributed by atoms with Crippen LogP contribution < -0.4 is 5.73 Å². The van der Waals surface area contributed by atoms with E-state index in [1.165, 1.54) is 6.07 Å². The molecule has 4 nitrogen and oxygen atoms in total. The van der Waals surface area contributed by atoms with Gasteiger partial charge in [-0.25, -0.2) is 0 Å². The molecule has 128 valence electrons. The van der Waals surface area contributed by atoms with E-state index in [0.29, 0.717) is 16.2 Å². The second-order valence-corrected chi connectivity index (χ2v) is 6.17. The normalized spacial score (nSPS) is 18.3. The van der Waals surface area contributed by atoms with Gasteiger partial charge >= 0.3 is 12.4 Å². The zero-order valence-corrected chi connectivity index (χ0v) is 12.1. The highest BCUT2D eigenvalue weighted by Crippen LogP contribution is 2.55. The summed E-state index contributed by atoms with van der Waals surface area (Å²) in [7, 11) is 0. The van der Waals surface area contributed by atoms with E-state index in [0.717, 1.165) is 6.07 Å². The van der Waals surface area contributed by atoms with Crippen LogP contribution in [0, 0.1) is 5.41 Å². The van der Waals surface area contributed by atoms with Crippen molar-refractivity contribution in [3.05, 3.63) is 21.9 Å². The smallest absolute Gasteiger partial charge is 0.365 e. The van der Waals surface area contributed by atoms with Gasteiger partial charge in [0, 0.05) is 13.1 Å². The van der Waals surface area contributed by atoms with Gasteiger partial charge in [0.05, 0.1) is 9.75 Å². The van der Waals surface area contributed by atoms with Crippen molar-refractivity contribution in [2.24, 2.45) is 11.1 Å².